The number of fused-ring (bicyclic) bond motifs is 8. The summed E-state index contributed by atoms with van der Waals surface area (Å²) in [5.74, 6) is 0. The molecule has 0 amide bonds. The number of anilines is 3. The Morgan fingerprint density at radius 3 is 1.59 bits per heavy atom. The summed E-state index contributed by atoms with van der Waals surface area (Å²) < 4.78 is 0. The zero-order chi connectivity index (χ0) is 42.8. The minimum atomic E-state index is -0.127. The van der Waals surface area contributed by atoms with Crippen LogP contribution in [0.3, 0.4) is 0 Å². The van der Waals surface area contributed by atoms with Gasteiger partial charge in [0, 0.05) is 27.8 Å². The van der Waals surface area contributed by atoms with Crippen LogP contribution in [-0.4, -0.2) is 0 Å². The van der Waals surface area contributed by atoms with Crippen LogP contribution in [0.1, 0.15) is 68.2 Å². The molecule has 12 rings (SSSR count). The Balaban J connectivity index is 1.05. The molecule has 0 heterocycles. The van der Waals surface area contributed by atoms with Gasteiger partial charge in [-0.05, 0) is 133 Å². The first-order valence-corrected chi connectivity index (χ1v) is 23.2. The predicted octanol–water partition coefficient (Wildman–Crippen LogP) is 17.4. The molecule has 0 aromatic heterocycles. The maximum Gasteiger partial charge on any atom is 0.0540 e. The summed E-state index contributed by atoms with van der Waals surface area (Å²) in [7, 11) is 0. The molecule has 1 nitrogen and oxygen atoms in total. The molecule has 0 aliphatic heterocycles. The summed E-state index contributed by atoms with van der Waals surface area (Å²) in [5.41, 5.74) is 24.5. The normalized spacial score (nSPS) is 15.0. The van der Waals surface area contributed by atoms with Crippen molar-refractivity contribution in [2.24, 2.45) is 0 Å². The lowest BCUT2D eigenvalue weighted by Gasteiger charge is -2.37. The number of hydrogen-bond acceptors (Lipinski definition) is 1. The number of benzene rings is 9. The third kappa shape index (κ3) is 6.05. The van der Waals surface area contributed by atoms with Gasteiger partial charge in [0.15, 0.2) is 0 Å². The molecule has 0 atom stereocenters. The second kappa shape index (κ2) is 15.2. The zero-order valence-corrected chi connectivity index (χ0v) is 36.7. The largest absolute Gasteiger partial charge is 0.310 e. The van der Waals surface area contributed by atoms with Crippen molar-refractivity contribution in [3.63, 3.8) is 0 Å². The SMILES string of the molecule is CC1(C)c2ccccc2-c2cccc(-c3cccc(N(c4ccc5c(c4)C4(CCCCC4)c4ccccc4-5)c4ccccc4-c4cccc(-c5ccccc5-c5ccccc5)c4)c3)c21. The van der Waals surface area contributed by atoms with Crippen molar-refractivity contribution in [3.8, 4) is 66.8 Å². The molecule has 1 saturated carbocycles. The van der Waals surface area contributed by atoms with Crippen molar-refractivity contribution in [1.29, 1.82) is 0 Å². The molecule has 0 bridgehead atoms. The van der Waals surface area contributed by atoms with E-state index in [1.165, 1.54) is 127 Å². The van der Waals surface area contributed by atoms with E-state index in [0.717, 1.165) is 11.4 Å². The van der Waals surface area contributed by atoms with Gasteiger partial charge >= 0.3 is 0 Å². The number of nitrogens with zero attached hydrogens (tertiary/aromatic N) is 1. The summed E-state index contributed by atoms with van der Waals surface area (Å²) in [6, 6.07) is 79.6. The molecule has 0 radical (unpaired) electrons. The summed E-state index contributed by atoms with van der Waals surface area (Å²) in [6.45, 7) is 4.78. The molecule has 1 heteroatoms. The lowest BCUT2D eigenvalue weighted by atomic mass is 9.68. The molecule has 0 N–H and O–H groups in total. The van der Waals surface area contributed by atoms with Gasteiger partial charge in [-0.2, -0.15) is 0 Å². The van der Waals surface area contributed by atoms with Crippen LogP contribution in [-0.2, 0) is 10.8 Å². The lowest BCUT2D eigenvalue weighted by Crippen LogP contribution is -2.28. The summed E-state index contributed by atoms with van der Waals surface area (Å²) in [6.07, 6.45) is 6.23. The summed E-state index contributed by atoms with van der Waals surface area (Å²) in [5, 5.41) is 0. The van der Waals surface area contributed by atoms with Gasteiger partial charge in [0.25, 0.3) is 0 Å². The first-order valence-electron chi connectivity index (χ1n) is 23.2. The van der Waals surface area contributed by atoms with Crippen molar-refractivity contribution < 1.29 is 0 Å². The van der Waals surface area contributed by atoms with E-state index in [4.69, 9.17) is 0 Å². The van der Waals surface area contributed by atoms with Crippen LogP contribution >= 0.6 is 0 Å². The zero-order valence-electron chi connectivity index (χ0n) is 36.7. The van der Waals surface area contributed by atoms with Crippen LogP contribution in [0, 0.1) is 0 Å². The van der Waals surface area contributed by atoms with Gasteiger partial charge in [-0.25, -0.2) is 0 Å². The van der Waals surface area contributed by atoms with E-state index in [1.807, 2.05) is 0 Å². The standard InChI is InChI=1S/C63H51N/c1-62(2)57-33-12-9-30-54(57)56-32-19-31-52(61(56)62)46-24-18-25-47(41-46)64(48-36-37-55-53-29-10-13-34-58(53)63(59(55)42-48)38-15-4-16-39-63)60-35-14-11-28-51(60)45-23-17-22-44(40-45)50-27-8-7-26-49(50)43-20-5-3-6-21-43/h3,5-14,17-37,40-42H,4,15-16,38-39H2,1-2H3. The molecule has 0 saturated heterocycles. The van der Waals surface area contributed by atoms with E-state index >= 15 is 0 Å². The molecular weight excluding hydrogens is 771 g/mol. The number of para-hydroxylation sites is 1. The summed E-state index contributed by atoms with van der Waals surface area (Å²) in [4.78, 5) is 2.55. The molecule has 9 aromatic rings. The van der Waals surface area contributed by atoms with Crippen LogP contribution in [0.4, 0.5) is 17.1 Å². The highest BCUT2D eigenvalue weighted by molar-refractivity contribution is 5.94. The highest BCUT2D eigenvalue weighted by Crippen LogP contribution is 2.58. The molecule has 308 valence electrons. The Morgan fingerprint density at radius 2 is 0.828 bits per heavy atom. The molecular formula is C63H51N. The molecule has 1 fully saturated rings. The number of hydrogen-bond donors (Lipinski definition) is 0. The highest BCUT2D eigenvalue weighted by atomic mass is 15.1. The van der Waals surface area contributed by atoms with Crippen LogP contribution in [0.15, 0.2) is 212 Å². The Labute approximate surface area is 378 Å². The average Bonchev–Trinajstić information content (AvgIpc) is 3.76. The van der Waals surface area contributed by atoms with E-state index in [9.17, 15) is 0 Å². The topological polar surface area (TPSA) is 3.24 Å². The fraction of sp³-hybridized carbons (Fsp3) is 0.143. The molecule has 64 heavy (non-hydrogen) atoms. The Bertz CT molecular complexity index is 3240. The lowest BCUT2D eigenvalue weighted by molar-refractivity contribution is 0.353. The van der Waals surface area contributed by atoms with Crippen molar-refractivity contribution in [2.75, 3.05) is 4.90 Å². The minimum Gasteiger partial charge on any atom is -0.310 e. The maximum absolute atomic E-state index is 2.57. The van der Waals surface area contributed by atoms with E-state index in [2.05, 4.69) is 231 Å². The van der Waals surface area contributed by atoms with Crippen LogP contribution < -0.4 is 4.90 Å². The smallest absolute Gasteiger partial charge is 0.0540 e. The van der Waals surface area contributed by atoms with Gasteiger partial charge in [0.1, 0.15) is 0 Å². The average molecular weight is 822 g/mol. The Hall–Kier alpha value is -7.22. The Morgan fingerprint density at radius 1 is 0.328 bits per heavy atom. The second-order valence-corrected chi connectivity index (χ2v) is 18.7. The van der Waals surface area contributed by atoms with Crippen molar-refractivity contribution in [2.45, 2.75) is 56.8 Å². The van der Waals surface area contributed by atoms with E-state index in [1.54, 1.807) is 0 Å². The molecule has 0 unspecified atom stereocenters. The van der Waals surface area contributed by atoms with E-state index in [0.29, 0.717) is 0 Å². The third-order valence-electron chi connectivity index (χ3n) is 14.9. The monoisotopic (exact) mass is 821 g/mol. The van der Waals surface area contributed by atoms with Gasteiger partial charge in [-0.15, -0.1) is 0 Å². The van der Waals surface area contributed by atoms with Crippen LogP contribution in [0.25, 0.3) is 66.8 Å². The van der Waals surface area contributed by atoms with Crippen molar-refractivity contribution in [3.05, 3.63) is 235 Å². The van der Waals surface area contributed by atoms with Crippen molar-refractivity contribution in [1.82, 2.24) is 0 Å². The van der Waals surface area contributed by atoms with Crippen LogP contribution in [0.5, 0.6) is 0 Å². The Kier molecular flexibility index (Phi) is 9.16. The van der Waals surface area contributed by atoms with Gasteiger partial charge in [0.2, 0.25) is 0 Å². The molecule has 9 aromatic carbocycles. The van der Waals surface area contributed by atoms with E-state index in [-0.39, 0.29) is 10.8 Å². The van der Waals surface area contributed by atoms with Gasteiger partial charge in [-0.3, -0.25) is 0 Å². The van der Waals surface area contributed by atoms with Crippen LogP contribution in [0.2, 0.25) is 0 Å². The third-order valence-corrected chi connectivity index (χ3v) is 14.9. The summed E-state index contributed by atoms with van der Waals surface area (Å²) >= 11 is 0. The predicted molar refractivity (Wildman–Crippen MR) is 270 cm³/mol. The quantitative estimate of drug-likeness (QED) is 0.155. The highest BCUT2D eigenvalue weighted by Gasteiger charge is 2.44. The van der Waals surface area contributed by atoms with Gasteiger partial charge in [-0.1, -0.05) is 209 Å². The van der Waals surface area contributed by atoms with Gasteiger partial charge < -0.3 is 4.90 Å². The number of rotatable bonds is 7. The molecule has 3 aliphatic carbocycles. The fourth-order valence-electron chi connectivity index (χ4n) is 12.0. The molecule has 3 aliphatic rings. The maximum atomic E-state index is 2.57. The fourth-order valence-corrected chi connectivity index (χ4v) is 12.0. The molecule has 1 spiro atoms. The minimum absolute atomic E-state index is 0.0406. The van der Waals surface area contributed by atoms with Crippen molar-refractivity contribution >= 4 is 17.1 Å². The first kappa shape index (κ1) is 38.5. The second-order valence-electron chi connectivity index (χ2n) is 18.7. The first-order chi connectivity index (χ1) is 31.5. The van der Waals surface area contributed by atoms with E-state index < -0.39 is 0 Å². The van der Waals surface area contributed by atoms with Gasteiger partial charge in [0.05, 0.1) is 5.69 Å².